The second kappa shape index (κ2) is 5.70. The van der Waals surface area contributed by atoms with Gasteiger partial charge in [-0.1, -0.05) is 28.1 Å². The smallest absolute Gasteiger partial charge is 0.273 e. The zero-order valence-electron chi connectivity index (χ0n) is 11.2. The molecule has 1 amide bonds. The number of nitrogens with one attached hydrogen (secondary N) is 2. The zero-order valence-corrected chi connectivity index (χ0v) is 12.8. The molecule has 0 radical (unpaired) electrons. The number of carbonyl (C=O) groups excluding carboxylic acids is 1. The lowest BCUT2D eigenvalue weighted by atomic mass is 10.1. The van der Waals surface area contributed by atoms with Crippen LogP contribution in [0.2, 0.25) is 0 Å². The molecular formula is C15H13BrN4O. The summed E-state index contributed by atoms with van der Waals surface area (Å²) in [6.45, 7) is 0. The van der Waals surface area contributed by atoms with Gasteiger partial charge in [0, 0.05) is 15.7 Å². The van der Waals surface area contributed by atoms with Gasteiger partial charge >= 0.3 is 0 Å². The second-order valence-corrected chi connectivity index (χ2v) is 5.89. The molecule has 0 saturated carbocycles. The van der Waals surface area contributed by atoms with Crippen molar-refractivity contribution in [2.24, 2.45) is 0 Å². The summed E-state index contributed by atoms with van der Waals surface area (Å²) in [4.78, 5) is 12.3. The van der Waals surface area contributed by atoms with E-state index in [0.29, 0.717) is 5.69 Å². The Hall–Kier alpha value is -2.13. The molecular weight excluding hydrogens is 332 g/mol. The van der Waals surface area contributed by atoms with E-state index in [1.165, 1.54) is 0 Å². The first kappa shape index (κ1) is 13.8. The number of nitrogens with zero attached hydrogens (tertiary/aromatic N) is 2. The summed E-state index contributed by atoms with van der Waals surface area (Å²) in [5.41, 5.74) is 3.18. The van der Waals surface area contributed by atoms with E-state index in [0.717, 1.165) is 40.6 Å². The Morgan fingerprint density at radius 2 is 2.33 bits per heavy atom. The van der Waals surface area contributed by atoms with Crippen LogP contribution in [-0.2, 0) is 12.8 Å². The lowest BCUT2D eigenvalue weighted by molar-refractivity contribution is 0.0939. The van der Waals surface area contributed by atoms with Crippen molar-refractivity contribution >= 4 is 21.8 Å². The molecule has 1 unspecified atom stereocenters. The number of amides is 1. The molecule has 0 aliphatic heterocycles. The zero-order chi connectivity index (χ0) is 14.8. The molecule has 3 rings (SSSR count). The molecule has 2 aromatic rings. The van der Waals surface area contributed by atoms with Gasteiger partial charge in [0.05, 0.1) is 6.07 Å². The van der Waals surface area contributed by atoms with Crippen LogP contribution in [0.15, 0.2) is 28.7 Å². The van der Waals surface area contributed by atoms with Gasteiger partial charge in [0.25, 0.3) is 5.91 Å². The lowest BCUT2D eigenvalue weighted by Gasteiger charge is -2.11. The summed E-state index contributed by atoms with van der Waals surface area (Å²) in [5, 5.41) is 19.0. The second-order valence-electron chi connectivity index (χ2n) is 4.97. The fourth-order valence-electron chi connectivity index (χ4n) is 2.58. The third-order valence-corrected chi connectivity index (χ3v) is 4.10. The quantitative estimate of drug-likeness (QED) is 0.897. The van der Waals surface area contributed by atoms with Gasteiger partial charge in [-0.25, -0.2) is 0 Å². The molecule has 1 aliphatic carbocycles. The van der Waals surface area contributed by atoms with Crippen LogP contribution in [0.5, 0.6) is 0 Å². The molecule has 0 saturated heterocycles. The van der Waals surface area contributed by atoms with Crippen LogP contribution >= 0.6 is 15.9 Å². The number of rotatable bonds is 3. The van der Waals surface area contributed by atoms with Crippen LogP contribution in [-0.4, -0.2) is 16.1 Å². The van der Waals surface area contributed by atoms with E-state index in [2.05, 4.69) is 37.5 Å². The summed E-state index contributed by atoms with van der Waals surface area (Å²) >= 11 is 3.37. The molecule has 0 fully saturated rings. The third-order valence-electron chi connectivity index (χ3n) is 3.61. The van der Waals surface area contributed by atoms with Crippen molar-refractivity contribution in [3.05, 3.63) is 51.3 Å². The number of H-pyrrole nitrogens is 1. The van der Waals surface area contributed by atoms with Crippen molar-refractivity contribution in [2.75, 3.05) is 0 Å². The van der Waals surface area contributed by atoms with Crippen molar-refractivity contribution in [1.29, 1.82) is 5.26 Å². The maximum absolute atomic E-state index is 12.3. The normalized spacial score (nSPS) is 14.3. The van der Waals surface area contributed by atoms with Gasteiger partial charge in [-0.05, 0) is 37.0 Å². The molecule has 0 spiro atoms. The number of hydrogen-bond donors (Lipinski definition) is 2. The molecule has 1 aromatic heterocycles. The molecule has 0 bridgehead atoms. The molecule has 1 aliphatic rings. The Kier molecular flexibility index (Phi) is 3.76. The van der Waals surface area contributed by atoms with E-state index >= 15 is 0 Å². The van der Waals surface area contributed by atoms with E-state index in [9.17, 15) is 10.1 Å². The first-order chi connectivity index (χ1) is 10.2. The third kappa shape index (κ3) is 2.69. The van der Waals surface area contributed by atoms with Crippen LogP contribution in [0.1, 0.15) is 39.8 Å². The van der Waals surface area contributed by atoms with Gasteiger partial charge in [-0.3, -0.25) is 9.89 Å². The Bertz CT molecular complexity index is 732. The first-order valence-electron chi connectivity index (χ1n) is 6.71. The van der Waals surface area contributed by atoms with Gasteiger partial charge in [0.2, 0.25) is 0 Å². The Morgan fingerprint density at radius 3 is 3.10 bits per heavy atom. The van der Waals surface area contributed by atoms with E-state index in [4.69, 9.17) is 0 Å². The van der Waals surface area contributed by atoms with E-state index < -0.39 is 6.04 Å². The average Bonchev–Trinajstić information content (AvgIpc) is 3.07. The number of aryl methyl sites for hydroxylation is 1. The highest BCUT2D eigenvalue weighted by Gasteiger charge is 2.25. The van der Waals surface area contributed by atoms with Gasteiger partial charge in [-0.2, -0.15) is 10.4 Å². The summed E-state index contributed by atoms with van der Waals surface area (Å²) in [6.07, 6.45) is 2.84. The number of benzene rings is 1. The van der Waals surface area contributed by atoms with Crippen LogP contribution in [0, 0.1) is 11.3 Å². The molecule has 106 valence electrons. The van der Waals surface area contributed by atoms with E-state index in [1.54, 1.807) is 0 Å². The Balaban J connectivity index is 1.81. The van der Waals surface area contributed by atoms with Crippen molar-refractivity contribution < 1.29 is 4.79 Å². The van der Waals surface area contributed by atoms with Crippen molar-refractivity contribution in [2.45, 2.75) is 25.3 Å². The molecule has 6 heteroatoms. The van der Waals surface area contributed by atoms with Crippen LogP contribution in [0.4, 0.5) is 0 Å². The van der Waals surface area contributed by atoms with E-state index in [-0.39, 0.29) is 5.91 Å². The van der Waals surface area contributed by atoms with E-state index in [1.807, 2.05) is 24.3 Å². The van der Waals surface area contributed by atoms with Gasteiger partial charge in [0.1, 0.15) is 6.04 Å². The van der Waals surface area contributed by atoms with Crippen LogP contribution in [0.25, 0.3) is 0 Å². The monoisotopic (exact) mass is 344 g/mol. The number of fused-ring (bicyclic) bond motifs is 1. The van der Waals surface area contributed by atoms with Crippen molar-refractivity contribution in [3.63, 3.8) is 0 Å². The molecule has 1 atom stereocenters. The van der Waals surface area contributed by atoms with Gasteiger partial charge in [-0.15, -0.1) is 0 Å². The molecule has 5 nitrogen and oxygen atoms in total. The first-order valence-corrected chi connectivity index (χ1v) is 7.50. The van der Waals surface area contributed by atoms with Crippen LogP contribution in [0.3, 0.4) is 0 Å². The average molecular weight is 345 g/mol. The summed E-state index contributed by atoms with van der Waals surface area (Å²) in [6, 6.07) is 8.77. The van der Waals surface area contributed by atoms with Crippen molar-refractivity contribution in [3.8, 4) is 6.07 Å². The minimum Gasteiger partial charge on any atom is -0.331 e. The molecule has 1 heterocycles. The highest BCUT2D eigenvalue weighted by Crippen LogP contribution is 2.24. The number of aromatic amines is 1. The number of halogens is 1. The summed E-state index contributed by atoms with van der Waals surface area (Å²) in [7, 11) is 0. The minimum atomic E-state index is -0.691. The fourth-order valence-corrected chi connectivity index (χ4v) is 3.00. The SMILES string of the molecule is N#CC(NC(=O)c1n[nH]c2c1CCC2)c1cccc(Br)c1. The Labute approximate surface area is 130 Å². The fraction of sp³-hybridized carbons (Fsp3) is 0.267. The number of hydrogen-bond acceptors (Lipinski definition) is 3. The maximum Gasteiger partial charge on any atom is 0.273 e. The minimum absolute atomic E-state index is 0.305. The molecule has 1 aromatic carbocycles. The highest BCUT2D eigenvalue weighted by atomic mass is 79.9. The van der Waals surface area contributed by atoms with Gasteiger partial charge < -0.3 is 5.32 Å². The summed E-state index contributed by atoms with van der Waals surface area (Å²) in [5.74, 6) is -0.305. The maximum atomic E-state index is 12.3. The van der Waals surface area contributed by atoms with Crippen LogP contribution < -0.4 is 5.32 Å². The molecule has 2 N–H and O–H groups in total. The van der Waals surface area contributed by atoms with Crippen molar-refractivity contribution in [1.82, 2.24) is 15.5 Å². The topological polar surface area (TPSA) is 81.6 Å². The molecule has 21 heavy (non-hydrogen) atoms. The standard InChI is InChI=1S/C15H13BrN4O/c16-10-4-1-3-9(7-10)13(8-17)18-15(21)14-11-5-2-6-12(11)19-20-14/h1,3-4,7,13H,2,5-6H2,(H,18,21)(H,19,20). The number of aromatic nitrogens is 2. The summed E-state index contributed by atoms with van der Waals surface area (Å²) < 4.78 is 0.871. The predicted molar refractivity (Wildman–Crippen MR) is 80.6 cm³/mol. The highest BCUT2D eigenvalue weighted by molar-refractivity contribution is 9.10. The predicted octanol–water partition coefficient (Wildman–Crippen LogP) is 2.66. The number of carbonyl (C=O) groups is 1. The largest absolute Gasteiger partial charge is 0.331 e. The number of nitriles is 1. The Morgan fingerprint density at radius 1 is 1.48 bits per heavy atom. The van der Waals surface area contributed by atoms with Gasteiger partial charge in [0.15, 0.2) is 5.69 Å². The lowest BCUT2D eigenvalue weighted by Crippen LogP contribution is -2.28.